The van der Waals surface area contributed by atoms with E-state index in [0.717, 1.165) is 36.4 Å². The molecular weight excluding hydrogens is 276 g/mol. The molecule has 0 radical (unpaired) electrons. The molecule has 1 aromatic carbocycles. The number of nitrogens with one attached hydrogen (secondary N) is 1. The Balaban J connectivity index is 1.89. The molecule has 20 heavy (non-hydrogen) atoms. The van der Waals surface area contributed by atoms with Gasteiger partial charge in [-0.3, -0.25) is 4.79 Å². The van der Waals surface area contributed by atoms with Crippen LogP contribution in [0.1, 0.15) is 18.0 Å². The van der Waals surface area contributed by atoms with Gasteiger partial charge in [0.05, 0.1) is 10.7 Å². The van der Waals surface area contributed by atoms with Crippen LogP contribution in [0, 0.1) is 0 Å². The van der Waals surface area contributed by atoms with Crippen molar-refractivity contribution >= 4 is 28.9 Å². The highest BCUT2D eigenvalue weighted by atomic mass is 35.5. The summed E-state index contributed by atoms with van der Waals surface area (Å²) in [6.45, 7) is 1.92. The number of carbonyl (C=O) groups excluding carboxylic acids is 1. The molecule has 1 fully saturated rings. The lowest BCUT2D eigenvalue weighted by Crippen LogP contribution is -2.31. The molecule has 6 heteroatoms. The monoisotopic (exact) mass is 294 g/mol. The van der Waals surface area contributed by atoms with Gasteiger partial charge in [-0.05, 0) is 32.6 Å². The Bertz CT molecular complexity index is 560. The fourth-order valence-corrected chi connectivity index (χ4v) is 3.21. The lowest BCUT2D eigenvalue weighted by molar-refractivity contribution is -0.116. The Labute approximate surface area is 123 Å². The van der Waals surface area contributed by atoms with E-state index >= 15 is 0 Å². The molecule has 5 nitrogen and oxygen atoms in total. The third kappa shape index (κ3) is 2.16. The summed E-state index contributed by atoms with van der Waals surface area (Å²) in [5, 5.41) is 3.47. The predicted molar refractivity (Wildman–Crippen MR) is 81.3 cm³/mol. The largest absolute Gasteiger partial charge is 0.369 e. The highest BCUT2D eigenvalue weighted by Crippen LogP contribution is 2.39. The van der Waals surface area contributed by atoms with E-state index in [1.807, 2.05) is 12.1 Å². The molecule has 2 aliphatic rings. The first-order valence-electron chi connectivity index (χ1n) is 6.78. The Morgan fingerprint density at radius 2 is 2.20 bits per heavy atom. The maximum atomic E-state index is 11.6. The number of halogens is 1. The minimum Gasteiger partial charge on any atom is -0.369 e. The third-order valence-electron chi connectivity index (χ3n) is 4.23. The number of nitrogens with zero attached hydrogens (tertiary/aromatic N) is 2. The summed E-state index contributed by atoms with van der Waals surface area (Å²) in [6.07, 6.45) is 1.12. The number of likely N-dealkylation sites (N-methyl/N-ethyl adjacent to an activating group) is 1. The number of benzene rings is 1. The molecule has 0 aliphatic carbocycles. The number of rotatable bonds is 2. The quantitative estimate of drug-likeness (QED) is 0.866. The van der Waals surface area contributed by atoms with E-state index in [4.69, 9.17) is 17.3 Å². The molecule has 1 aromatic rings. The van der Waals surface area contributed by atoms with Gasteiger partial charge >= 0.3 is 0 Å². The summed E-state index contributed by atoms with van der Waals surface area (Å²) in [5.74, 6) is -0.166. The first-order valence-corrected chi connectivity index (χ1v) is 7.16. The zero-order valence-electron chi connectivity index (χ0n) is 11.7. The zero-order valence-corrected chi connectivity index (χ0v) is 12.4. The van der Waals surface area contributed by atoms with Crippen molar-refractivity contribution < 1.29 is 4.79 Å². The summed E-state index contributed by atoms with van der Waals surface area (Å²) < 4.78 is 0. The Morgan fingerprint density at radius 3 is 2.85 bits per heavy atom. The fourth-order valence-electron chi connectivity index (χ4n) is 2.92. The van der Waals surface area contributed by atoms with Gasteiger partial charge in [-0.2, -0.15) is 0 Å². The van der Waals surface area contributed by atoms with Gasteiger partial charge in [-0.25, -0.2) is 0 Å². The highest BCUT2D eigenvalue weighted by molar-refractivity contribution is 6.33. The summed E-state index contributed by atoms with van der Waals surface area (Å²) in [6, 6.07) is 3.69. The molecule has 0 spiro atoms. The SMILES string of the molecule is CN(C)C1CCN(c2cc3c(cc2Cl)C(N)C(=O)N3)C1. The van der Waals surface area contributed by atoms with Crippen molar-refractivity contribution in [2.24, 2.45) is 5.73 Å². The topological polar surface area (TPSA) is 61.6 Å². The number of amides is 1. The van der Waals surface area contributed by atoms with E-state index in [0.29, 0.717) is 11.1 Å². The molecule has 2 heterocycles. The second kappa shape index (κ2) is 4.91. The average molecular weight is 295 g/mol. The molecule has 2 atom stereocenters. The van der Waals surface area contributed by atoms with Crippen molar-refractivity contribution in [1.82, 2.24) is 4.90 Å². The number of carbonyl (C=O) groups is 1. The highest BCUT2D eigenvalue weighted by Gasteiger charge is 2.31. The summed E-state index contributed by atoms with van der Waals surface area (Å²) >= 11 is 6.38. The maximum Gasteiger partial charge on any atom is 0.245 e. The average Bonchev–Trinajstić information content (AvgIpc) is 2.97. The van der Waals surface area contributed by atoms with E-state index in [1.165, 1.54) is 0 Å². The molecule has 3 rings (SSSR count). The van der Waals surface area contributed by atoms with Crippen LogP contribution in [-0.4, -0.2) is 44.0 Å². The van der Waals surface area contributed by atoms with Gasteiger partial charge in [0.25, 0.3) is 0 Å². The second-order valence-electron chi connectivity index (χ2n) is 5.71. The molecule has 1 saturated heterocycles. The number of nitrogens with two attached hydrogens (primary N) is 1. The van der Waals surface area contributed by atoms with E-state index in [9.17, 15) is 4.79 Å². The van der Waals surface area contributed by atoms with Gasteiger partial charge in [0, 0.05) is 30.4 Å². The Morgan fingerprint density at radius 1 is 1.45 bits per heavy atom. The standard InChI is InChI=1S/C14H19ClN4O/c1-18(2)8-3-4-19(7-8)12-6-11-9(5-10(12)15)13(16)14(20)17-11/h5-6,8,13H,3-4,7,16H2,1-2H3,(H,17,20). The molecule has 108 valence electrons. The van der Waals surface area contributed by atoms with Gasteiger partial charge in [0.2, 0.25) is 5.91 Å². The van der Waals surface area contributed by atoms with Crippen LogP contribution in [-0.2, 0) is 4.79 Å². The van der Waals surface area contributed by atoms with Crippen LogP contribution in [0.5, 0.6) is 0 Å². The van der Waals surface area contributed by atoms with Gasteiger partial charge in [-0.1, -0.05) is 11.6 Å². The molecule has 2 aliphatic heterocycles. The van der Waals surface area contributed by atoms with Gasteiger partial charge < -0.3 is 20.9 Å². The molecule has 0 saturated carbocycles. The molecule has 2 unspecified atom stereocenters. The van der Waals surface area contributed by atoms with Crippen molar-refractivity contribution in [3.63, 3.8) is 0 Å². The van der Waals surface area contributed by atoms with E-state index in [-0.39, 0.29) is 5.91 Å². The fraction of sp³-hybridized carbons (Fsp3) is 0.500. The minimum atomic E-state index is -0.607. The van der Waals surface area contributed by atoms with Crippen molar-refractivity contribution in [2.75, 3.05) is 37.4 Å². The first-order chi connectivity index (χ1) is 9.47. The van der Waals surface area contributed by atoms with Crippen LogP contribution in [0.2, 0.25) is 5.02 Å². The number of hydrogen-bond acceptors (Lipinski definition) is 4. The maximum absolute atomic E-state index is 11.6. The molecular formula is C14H19ClN4O. The molecule has 1 amide bonds. The van der Waals surface area contributed by atoms with Crippen molar-refractivity contribution in [2.45, 2.75) is 18.5 Å². The van der Waals surface area contributed by atoms with Crippen molar-refractivity contribution in [1.29, 1.82) is 0 Å². The van der Waals surface area contributed by atoms with Gasteiger partial charge in [0.15, 0.2) is 0 Å². The zero-order chi connectivity index (χ0) is 14.4. The van der Waals surface area contributed by atoms with Crippen LogP contribution in [0.15, 0.2) is 12.1 Å². The predicted octanol–water partition coefficient (Wildman–Crippen LogP) is 1.43. The Kier molecular flexibility index (Phi) is 3.36. The van der Waals surface area contributed by atoms with Crippen LogP contribution in [0.4, 0.5) is 11.4 Å². The lowest BCUT2D eigenvalue weighted by Gasteiger charge is -2.23. The summed E-state index contributed by atoms with van der Waals surface area (Å²) in [4.78, 5) is 16.1. The molecule has 0 aromatic heterocycles. The lowest BCUT2D eigenvalue weighted by atomic mass is 10.1. The first kappa shape index (κ1) is 13.7. The van der Waals surface area contributed by atoms with E-state index in [1.54, 1.807) is 0 Å². The summed E-state index contributed by atoms with van der Waals surface area (Å²) in [7, 11) is 4.19. The molecule has 3 N–H and O–H groups in total. The van der Waals surface area contributed by atoms with Crippen molar-refractivity contribution in [3.8, 4) is 0 Å². The van der Waals surface area contributed by atoms with Crippen LogP contribution < -0.4 is 16.0 Å². The molecule has 0 bridgehead atoms. The number of fused-ring (bicyclic) bond motifs is 1. The number of anilines is 2. The minimum absolute atomic E-state index is 0.166. The third-order valence-corrected chi connectivity index (χ3v) is 4.53. The van der Waals surface area contributed by atoms with E-state index in [2.05, 4.69) is 29.2 Å². The second-order valence-corrected chi connectivity index (χ2v) is 6.12. The normalized spacial score (nSPS) is 25.2. The Hall–Kier alpha value is -1.30. The number of hydrogen-bond donors (Lipinski definition) is 2. The van der Waals surface area contributed by atoms with E-state index < -0.39 is 6.04 Å². The van der Waals surface area contributed by atoms with Crippen molar-refractivity contribution in [3.05, 3.63) is 22.7 Å². The van der Waals surface area contributed by atoms with Crippen LogP contribution in [0.3, 0.4) is 0 Å². The van der Waals surface area contributed by atoms with Gasteiger partial charge in [0.1, 0.15) is 6.04 Å². The summed E-state index contributed by atoms with van der Waals surface area (Å²) in [5.41, 5.74) is 8.38. The smallest absolute Gasteiger partial charge is 0.245 e. The van der Waals surface area contributed by atoms with Crippen LogP contribution in [0.25, 0.3) is 0 Å². The van der Waals surface area contributed by atoms with Gasteiger partial charge in [-0.15, -0.1) is 0 Å². The van der Waals surface area contributed by atoms with Crippen LogP contribution >= 0.6 is 11.6 Å².